The molecule has 0 aromatic rings. The van der Waals surface area contributed by atoms with Crippen LogP contribution >= 0.6 is 0 Å². The van der Waals surface area contributed by atoms with Gasteiger partial charge in [0.2, 0.25) is 0 Å². The fourth-order valence-electron chi connectivity index (χ4n) is 1.14. The number of aliphatic hydroxyl groups is 2. The minimum absolute atomic E-state index is 0.194. The lowest BCUT2D eigenvalue weighted by Gasteiger charge is -2.13. The predicted molar refractivity (Wildman–Crippen MR) is 58.8 cm³/mol. The van der Waals surface area contributed by atoms with Crippen LogP contribution in [0.15, 0.2) is 0 Å². The van der Waals surface area contributed by atoms with Crippen LogP contribution in [0.1, 0.15) is 26.7 Å². The van der Waals surface area contributed by atoms with Crippen molar-refractivity contribution >= 4 is 0 Å². The van der Waals surface area contributed by atoms with Crippen molar-refractivity contribution in [3.05, 3.63) is 0 Å². The monoisotopic (exact) mass is 220 g/mol. The lowest BCUT2D eigenvalue weighted by molar-refractivity contribution is -0.00196. The molecule has 1 atom stereocenters. The Balaban J connectivity index is 0.000000265. The molecular formula is C11H24O4. The van der Waals surface area contributed by atoms with Crippen LogP contribution in [0, 0.1) is 5.92 Å². The molecule has 0 heterocycles. The molecule has 2 N–H and O–H groups in total. The lowest BCUT2D eigenvalue weighted by Crippen LogP contribution is -2.24. The Morgan fingerprint density at radius 2 is 1.80 bits per heavy atom. The SMILES string of the molecule is COCC(C)(C)O.COCC(O)C1CC1. The van der Waals surface area contributed by atoms with E-state index in [0.717, 1.165) is 0 Å². The molecule has 1 aliphatic rings. The molecule has 0 spiro atoms. The standard InChI is InChI=1S/C6H12O2.C5H12O2/c1-8-4-6(7)5-2-3-5;1-5(2,6)4-7-3/h5-7H,2-4H2,1H3;6H,4H2,1-3H3. The van der Waals surface area contributed by atoms with E-state index in [1.54, 1.807) is 28.1 Å². The van der Waals surface area contributed by atoms with Crippen LogP contribution in [-0.2, 0) is 9.47 Å². The molecule has 15 heavy (non-hydrogen) atoms. The molecule has 0 aliphatic heterocycles. The van der Waals surface area contributed by atoms with Gasteiger partial charge in [-0.05, 0) is 32.6 Å². The summed E-state index contributed by atoms with van der Waals surface area (Å²) in [5.74, 6) is 0.551. The van der Waals surface area contributed by atoms with E-state index in [1.165, 1.54) is 12.8 Å². The van der Waals surface area contributed by atoms with Gasteiger partial charge in [-0.3, -0.25) is 0 Å². The first-order valence-electron chi connectivity index (χ1n) is 5.29. The Morgan fingerprint density at radius 1 is 1.27 bits per heavy atom. The maximum atomic E-state index is 9.06. The van der Waals surface area contributed by atoms with Gasteiger partial charge in [0.15, 0.2) is 0 Å². The molecule has 4 heteroatoms. The number of aliphatic hydroxyl groups excluding tert-OH is 1. The van der Waals surface area contributed by atoms with Crippen molar-refractivity contribution in [1.29, 1.82) is 0 Å². The quantitative estimate of drug-likeness (QED) is 0.720. The lowest BCUT2D eigenvalue weighted by atomic mass is 10.2. The zero-order valence-corrected chi connectivity index (χ0v) is 10.2. The van der Waals surface area contributed by atoms with Crippen LogP contribution in [0.4, 0.5) is 0 Å². The highest BCUT2D eigenvalue weighted by Gasteiger charge is 2.29. The van der Waals surface area contributed by atoms with E-state index in [2.05, 4.69) is 4.74 Å². The fourth-order valence-corrected chi connectivity index (χ4v) is 1.14. The maximum absolute atomic E-state index is 9.06. The van der Waals surface area contributed by atoms with Crippen LogP contribution in [0.5, 0.6) is 0 Å². The largest absolute Gasteiger partial charge is 0.390 e. The summed E-state index contributed by atoms with van der Waals surface area (Å²) in [5, 5.41) is 18.0. The minimum atomic E-state index is -0.672. The van der Waals surface area contributed by atoms with Gasteiger partial charge in [0.1, 0.15) is 0 Å². The third-order valence-corrected chi connectivity index (χ3v) is 2.00. The van der Waals surface area contributed by atoms with Crippen molar-refractivity contribution in [2.45, 2.75) is 38.4 Å². The molecule has 1 fully saturated rings. The fraction of sp³-hybridized carbons (Fsp3) is 1.00. The second-order valence-corrected chi connectivity index (χ2v) is 4.61. The number of ether oxygens (including phenoxy) is 2. The molecule has 0 radical (unpaired) electrons. The third-order valence-electron chi connectivity index (χ3n) is 2.00. The van der Waals surface area contributed by atoms with Gasteiger partial charge in [0.25, 0.3) is 0 Å². The van der Waals surface area contributed by atoms with E-state index in [-0.39, 0.29) is 6.10 Å². The molecule has 1 unspecified atom stereocenters. The van der Waals surface area contributed by atoms with Crippen LogP contribution in [0.25, 0.3) is 0 Å². The molecule has 1 aliphatic carbocycles. The number of hydrogen-bond acceptors (Lipinski definition) is 4. The summed E-state index contributed by atoms with van der Waals surface area (Å²) in [5.41, 5.74) is -0.672. The smallest absolute Gasteiger partial charge is 0.0824 e. The summed E-state index contributed by atoms with van der Waals surface area (Å²) >= 11 is 0. The second-order valence-electron chi connectivity index (χ2n) is 4.61. The van der Waals surface area contributed by atoms with Gasteiger partial charge >= 0.3 is 0 Å². The van der Waals surface area contributed by atoms with Crippen molar-refractivity contribution in [2.24, 2.45) is 5.92 Å². The number of methoxy groups -OCH3 is 2. The van der Waals surface area contributed by atoms with Crippen LogP contribution in [0.2, 0.25) is 0 Å². The van der Waals surface area contributed by atoms with Gasteiger partial charge in [-0.25, -0.2) is 0 Å². The molecule has 0 aromatic heterocycles. The average molecular weight is 220 g/mol. The Labute approximate surface area is 92.2 Å². The summed E-state index contributed by atoms with van der Waals surface area (Å²) in [4.78, 5) is 0. The van der Waals surface area contributed by atoms with Crippen LogP contribution in [0.3, 0.4) is 0 Å². The van der Waals surface area contributed by atoms with Crippen LogP contribution in [-0.4, -0.2) is 49.4 Å². The van der Waals surface area contributed by atoms with Gasteiger partial charge < -0.3 is 19.7 Å². The van der Waals surface area contributed by atoms with Gasteiger partial charge in [-0.15, -0.1) is 0 Å². The average Bonchev–Trinajstić information content (AvgIpc) is 2.85. The van der Waals surface area contributed by atoms with Crippen molar-refractivity contribution in [3.63, 3.8) is 0 Å². The number of rotatable bonds is 5. The molecular weight excluding hydrogens is 196 g/mol. The Hall–Kier alpha value is -0.160. The van der Waals surface area contributed by atoms with E-state index in [4.69, 9.17) is 14.9 Å². The first-order chi connectivity index (χ1) is 6.90. The molecule has 4 nitrogen and oxygen atoms in total. The molecule has 0 saturated heterocycles. The highest BCUT2D eigenvalue weighted by atomic mass is 16.5. The highest BCUT2D eigenvalue weighted by Crippen LogP contribution is 2.32. The molecule has 0 bridgehead atoms. The van der Waals surface area contributed by atoms with Gasteiger partial charge in [0.05, 0.1) is 24.9 Å². The zero-order chi connectivity index (χ0) is 11.9. The zero-order valence-electron chi connectivity index (χ0n) is 10.2. The molecule has 1 rings (SSSR count). The Morgan fingerprint density at radius 3 is 2.00 bits per heavy atom. The number of hydrogen-bond donors (Lipinski definition) is 2. The van der Waals surface area contributed by atoms with Crippen molar-refractivity contribution < 1.29 is 19.7 Å². The second kappa shape index (κ2) is 7.17. The van der Waals surface area contributed by atoms with Crippen LogP contribution < -0.4 is 0 Å². The highest BCUT2D eigenvalue weighted by molar-refractivity contribution is 4.80. The predicted octanol–water partition coefficient (Wildman–Crippen LogP) is 0.807. The third kappa shape index (κ3) is 10.1. The summed E-state index contributed by atoms with van der Waals surface area (Å²) in [6, 6.07) is 0. The summed E-state index contributed by atoms with van der Waals surface area (Å²) in [7, 11) is 3.18. The first-order valence-corrected chi connectivity index (χ1v) is 5.29. The topological polar surface area (TPSA) is 58.9 Å². The molecule has 1 saturated carbocycles. The molecule has 0 amide bonds. The molecule has 92 valence electrons. The van der Waals surface area contributed by atoms with E-state index < -0.39 is 5.60 Å². The molecule has 0 aromatic carbocycles. The van der Waals surface area contributed by atoms with Gasteiger partial charge in [0, 0.05) is 14.2 Å². The normalized spacial score (nSPS) is 18.0. The first kappa shape index (κ1) is 14.8. The maximum Gasteiger partial charge on any atom is 0.0824 e. The summed E-state index contributed by atoms with van der Waals surface area (Å²) < 4.78 is 9.41. The van der Waals surface area contributed by atoms with E-state index in [0.29, 0.717) is 19.1 Å². The summed E-state index contributed by atoms with van der Waals surface area (Å²) in [6.07, 6.45) is 2.18. The van der Waals surface area contributed by atoms with Crippen molar-refractivity contribution in [1.82, 2.24) is 0 Å². The Bertz CT molecular complexity index is 149. The van der Waals surface area contributed by atoms with Crippen molar-refractivity contribution in [3.8, 4) is 0 Å². The summed E-state index contributed by atoms with van der Waals surface area (Å²) in [6.45, 7) is 4.31. The van der Waals surface area contributed by atoms with E-state index >= 15 is 0 Å². The minimum Gasteiger partial charge on any atom is -0.390 e. The van der Waals surface area contributed by atoms with E-state index in [1.807, 2.05) is 0 Å². The Kier molecular flexibility index (Phi) is 7.09. The van der Waals surface area contributed by atoms with E-state index in [9.17, 15) is 0 Å². The van der Waals surface area contributed by atoms with Gasteiger partial charge in [-0.1, -0.05) is 0 Å². The van der Waals surface area contributed by atoms with Gasteiger partial charge in [-0.2, -0.15) is 0 Å². The van der Waals surface area contributed by atoms with Crippen molar-refractivity contribution in [2.75, 3.05) is 27.4 Å².